The van der Waals surface area contributed by atoms with E-state index in [-0.39, 0.29) is 6.04 Å². The summed E-state index contributed by atoms with van der Waals surface area (Å²) in [5.74, 6) is 0. The van der Waals surface area contributed by atoms with Gasteiger partial charge >= 0.3 is 0 Å². The molecule has 1 unspecified atom stereocenters. The van der Waals surface area contributed by atoms with Crippen molar-refractivity contribution in [2.24, 2.45) is 0 Å². The predicted molar refractivity (Wildman–Crippen MR) is 90.1 cm³/mol. The summed E-state index contributed by atoms with van der Waals surface area (Å²) >= 11 is 12.3. The van der Waals surface area contributed by atoms with Crippen LogP contribution in [0.5, 0.6) is 0 Å². The number of hydrogen-bond donors (Lipinski definition) is 0. The van der Waals surface area contributed by atoms with Gasteiger partial charge in [-0.1, -0.05) is 53.0 Å². The molecule has 5 heteroatoms. The highest BCUT2D eigenvalue weighted by Gasteiger charge is 2.18. The van der Waals surface area contributed by atoms with Crippen molar-refractivity contribution in [2.75, 3.05) is 0 Å². The summed E-state index contributed by atoms with van der Waals surface area (Å²) in [6.45, 7) is 4.11. The minimum absolute atomic E-state index is 0.0292. The highest BCUT2D eigenvalue weighted by molar-refractivity contribution is 6.45. The fourth-order valence-corrected chi connectivity index (χ4v) is 2.96. The molecule has 3 rings (SSSR count). The molecule has 0 aliphatic rings. The third-order valence-corrected chi connectivity index (χ3v) is 4.64. The van der Waals surface area contributed by atoms with Crippen molar-refractivity contribution in [3.8, 4) is 0 Å². The Kier molecular flexibility index (Phi) is 3.94. The van der Waals surface area contributed by atoms with Gasteiger partial charge in [-0.15, -0.1) is 0 Å². The number of halogens is 2. The lowest BCUT2D eigenvalue weighted by Gasteiger charge is -2.15. The quantitative estimate of drug-likeness (QED) is 0.627. The number of hydrogen-bond acceptors (Lipinski definition) is 2. The second kappa shape index (κ2) is 5.75. The zero-order chi connectivity index (χ0) is 15.9. The lowest BCUT2D eigenvalue weighted by molar-refractivity contribution is 0.112. The maximum Gasteiger partial charge on any atom is 0.152 e. The van der Waals surface area contributed by atoms with Crippen LogP contribution in [-0.4, -0.2) is 15.8 Å². The Bertz CT molecular complexity index is 853. The van der Waals surface area contributed by atoms with Gasteiger partial charge in [-0.3, -0.25) is 4.79 Å². The van der Waals surface area contributed by atoms with Gasteiger partial charge in [-0.2, -0.15) is 0 Å². The van der Waals surface area contributed by atoms with Gasteiger partial charge in [-0.05, 0) is 19.4 Å². The molecule has 0 saturated heterocycles. The number of nitrogens with zero attached hydrogens (tertiary/aromatic N) is 2. The van der Waals surface area contributed by atoms with E-state index in [1.165, 1.54) is 11.8 Å². The van der Waals surface area contributed by atoms with Crippen LogP contribution >= 0.6 is 23.2 Å². The molecule has 0 aliphatic heterocycles. The molecule has 0 fully saturated rings. The number of aldehydes is 1. The van der Waals surface area contributed by atoms with Crippen LogP contribution in [0.4, 0.5) is 0 Å². The first kappa shape index (κ1) is 15.1. The van der Waals surface area contributed by atoms with Crippen molar-refractivity contribution in [1.29, 1.82) is 0 Å². The van der Waals surface area contributed by atoms with Crippen LogP contribution in [0.25, 0.3) is 11.0 Å². The van der Waals surface area contributed by atoms with Crippen molar-refractivity contribution >= 4 is 40.5 Å². The standard InChI is InChI=1S/C17H14Cl2N2O/c1-10-3-5-12(6-4-10)11(2)21-8-13(9-22)15-16(19)14(18)7-20-17(15)21/h3-9,11H,1-2H3. The molecule has 1 atom stereocenters. The molecule has 0 N–H and O–H groups in total. The van der Waals surface area contributed by atoms with Crippen LogP contribution in [0.1, 0.15) is 34.5 Å². The molecule has 3 nitrogen and oxygen atoms in total. The van der Waals surface area contributed by atoms with Gasteiger partial charge in [0.2, 0.25) is 0 Å². The first-order valence-corrected chi connectivity index (χ1v) is 7.64. The van der Waals surface area contributed by atoms with Crippen LogP contribution in [0.3, 0.4) is 0 Å². The highest BCUT2D eigenvalue weighted by atomic mass is 35.5. The summed E-state index contributed by atoms with van der Waals surface area (Å²) in [6, 6.07) is 8.31. The van der Waals surface area contributed by atoms with Gasteiger partial charge in [0, 0.05) is 23.3 Å². The predicted octanol–water partition coefficient (Wildman–Crippen LogP) is 5.07. The van der Waals surface area contributed by atoms with Crippen LogP contribution in [0, 0.1) is 6.92 Å². The Morgan fingerprint density at radius 3 is 2.55 bits per heavy atom. The molecule has 0 spiro atoms. The Hall–Kier alpha value is -1.84. The average Bonchev–Trinajstić information content (AvgIpc) is 2.90. The second-order valence-corrected chi connectivity index (χ2v) is 6.10. The Morgan fingerprint density at radius 2 is 1.91 bits per heavy atom. The molecule has 0 amide bonds. The maximum absolute atomic E-state index is 11.4. The normalized spacial score (nSPS) is 12.5. The summed E-state index contributed by atoms with van der Waals surface area (Å²) in [7, 11) is 0. The molecule has 0 saturated carbocycles. The van der Waals surface area contributed by atoms with E-state index in [0.29, 0.717) is 26.6 Å². The average molecular weight is 333 g/mol. The zero-order valence-corrected chi connectivity index (χ0v) is 13.7. The molecule has 2 heterocycles. The number of rotatable bonds is 3. The molecule has 2 aromatic heterocycles. The molecular weight excluding hydrogens is 319 g/mol. The lowest BCUT2D eigenvalue weighted by Crippen LogP contribution is -2.06. The van der Waals surface area contributed by atoms with E-state index in [2.05, 4.69) is 36.2 Å². The van der Waals surface area contributed by atoms with E-state index in [1.807, 2.05) is 11.5 Å². The molecule has 1 aromatic carbocycles. The fraction of sp³-hybridized carbons (Fsp3) is 0.176. The van der Waals surface area contributed by atoms with Gasteiger partial charge in [0.1, 0.15) is 5.65 Å². The van der Waals surface area contributed by atoms with Gasteiger partial charge in [0.25, 0.3) is 0 Å². The fourth-order valence-electron chi connectivity index (χ4n) is 2.57. The van der Waals surface area contributed by atoms with Gasteiger partial charge in [-0.25, -0.2) is 4.98 Å². The van der Waals surface area contributed by atoms with Crippen LogP contribution in [0.15, 0.2) is 36.7 Å². The van der Waals surface area contributed by atoms with Gasteiger partial charge in [0.05, 0.1) is 16.1 Å². The van der Waals surface area contributed by atoms with Crippen molar-refractivity contribution in [2.45, 2.75) is 19.9 Å². The molecule has 0 radical (unpaired) electrons. The van der Waals surface area contributed by atoms with E-state index in [0.717, 1.165) is 11.8 Å². The van der Waals surface area contributed by atoms with Crippen LogP contribution < -0.4 is 0 Å². The molecule has 3 aromatic rings. The maximum atomic E-state index is 11.4. The minimum atomic E-state index is 0.0292. The number of fused-ring (bicyclic) bond motifs is 1. The molecular formula is C17H14Cl2N2O. The number of carbonyl (C=O) groups excluding carboxylic acids is 1. The number of aromatic nitrogens is 2. The topological polar surface area (TPSA) is 34.9 Å². The Morgan fingerprint density at radius 1 is 1.23 bits per heavy atom. The first-order chi connectivity index (χ1) is 10.5. The zero-order valence-electron chi connectivity index (χ0n) is 12.2. The first-order valence-electron chi connectivity index (χ1n) is 6.89. The third kappa shape index (κ3) is 2.40. The van der Waals surface area contributed by atoms with Crippen molar-refractivity contribution in [1.82, 2.24) is 9.55 Å². The highest BCUT2D eigenvalue weighted by Crippen LogP contribution is 2.34. The number of carbonyl (C=O) groups is 1. The van der Waals surface area contributed by atoms with E-state index in [1.54, 1.807) is 6.20 Å². The van der Waals surface area contributed by atoms with Gasteiger partial charge < -0.3 is 4.57 Å². The van der Waals surface area contributed by atoms with E-state index in [9.17, 15) is 4.79 Å². The number of benzene rings is 1. The van der Waals surface area contributed by atoms with E-state index < -0.39 is 0 Å². The summed E-state index contributed by atoms with van der Waals surface area (Å²) < 4.78 is 1.95. The van der Waals surface area contributed by atoms with Crippen LogP contribution in [0.2, 0.25) is 10.0 Å². The molecule has 112 valence electrons. The Labute approximate surface area is 138 Å². The monoisotopic (exact) mass is 332 g/mol. The van der Waals surface area contributed by atoms with Crippen molar-refractivity contribution in [3.63, 3.8) is 0 Å². The smallest absolute Gasteiger partial charge is 0.152 e. The van der Waals surface area contributed by atoms with E-state index >= 15 is 0 Å². The van der Waals surface area contributed by atoms with E-state index in [4.69, 9.17) is 23.2 Å². The summed E-state index contributed by atoms with van der Waals surface area (Å²) in [4.78, 5) is 15.7. The molecule has 22 heavy (non-hydrogen) atoms. The summed E-state index contributed by atoms with van der Waals surface area (Å²) in [5, 5.41) is 1.31. The SMILES string of the molecule is Cc1ccc(C(C)n2cc(C=O)c3c(Cl)c(Cl)cnc32)cc1. The summed E-state index contributed by atoms with van der Waals surface area (Å²) in [5.41, 5.74) is 3.49. The van der Waals surface area contributed by atoms with Crippen LogP contribution in [-0.2, 0) is 0 Å². The van der Waals surface area contributed by atoms with Gasteiger partial charge in [0.15, 0.2) is 6.29 Å². The minimum Gasteiger partial charge on any atom is -0.325 e. The summed E-state index contributed by atoms with van der Waals surface area (Å²) in [6.07, 6.45) is 4.07. The second-order valence-electron chi connectivity index (χ2n) is 5.31. The molecule has 0 aliphatic carbocycles. The Balaban J connectivity index is 2.21. The third-order valence-electron chi connectivity index (χ3n) is 3.87. The van der Waals surface area contributed by atoms with Crippen molar-refractivity contribution in [3.05, 3.63) is 63.4 Å². The number of pyridine rings is 1. The van der Waals surface area contributed by atoms with Crippen molar-refractivity contribution < 1.29 is 4.79 Å². The number of aryl methyl sites for hydroxylation is 1. The molecule has 0 bridgehead atoms. The largest absolute Gasteiger partial charge is 0.325 e. The lowest BCUT2D eigenvalue weighted by atomic mass is 10.1.